The predicted octanol–water partition coefficient (Wildman–Crippen LogP) is 3.45. The Labute approximate surface area is 126 Å². The van der Waals surface area contributed by atoms with Crippen LogP contribution < -0.4 is 5.32 Å². The number of rotatable bonds is 4. The largest absolute Gasteiger partial charge is 0.351 e. The third-order valence-corrected chi connectivity index (χ3v) is 4.05. The molecule has 0 aromatic heterocycles. The Hall–Kier alpha value is -2.30. The lowest BCUT2D eigenvalue weighted by Gasteiger charge is -2.16. The summed E-state index contributed by atoms with van der Waals surface area (Å²) in [5.74, 6) is -2.58. The average Bonchev–Trinajstić information content (AvgIpc) is 3.31. The molecular weight excluding hydrogens is 291 g/mol. The summed E-state index contributed by atoms with van der Waals surface area (Å²) in [4.78, 5) is 12.4. The van der Waals surface area contributed by atoms with Gasteiger partial charge in [-0.1, -0.05) is 24.3 Å². The molecule has 22 heavy (non-hydrogen) atoms. The molecule has 0 aliphatic heterocycles. The minimum Gasteiger partial charge on any atom is -0.351 e. The van der Waals surface area contributed by atoms with Crippen LogP contribution in [0.1, 0.15) is 24.0 Å². The zero-order chi connectivity index (χ0) is 15.7. The van der Waals surface area contributed by atoms with Crippen molar-refractivity contribution in [1.82, 2.24) is 5.32 Å². The number of halogens is 3. The quantitative estimate of drug-likeness (QED) is 0.921. The Bertz CT molecular complexity index is 726. The molecule has 0 atom stereocenters. The van der Waals surface area contributed by atoms with Crippen LogP contribution >= 0.6 is 0 Å². The highest BCUT2D eigenvalue weighted by Gasteiger charge is 2.51. The Balaban J connectivity index is 1.74. The van der Waals surface area contributed by atoms with Gasteiger partial charge in [0.25, 0.3) is 0 Å². The van der Waals surface area contributed by atoms with Gasteiger partial charge in [0.1, 0.15) is 5.82 Å². The van der Waals surface area contributed by atoms with Crippen molar-refractivity contribution in [3.8, 4) is 0 Å². The van der Waals surface area contributed by atoms with Crippen LogP contribution in [0.25, 0.3) is 0 Å². The van der Waals surface area contributed by atoms with Gasteiger partial charge in [0.05, 0.1) is 5.41 Å². The fraction of sp³-hybridized carbons (Fsp3) is 0.235. The molecule has 1 fully saturated rings. The third kappa shape index (κ3) is 2.58. The van der Waals surface area contributed by atoms with Crippen molar-refractivity contribution < 1.29 is 18.0 Å². The van der Waals surface area contributed by atoms with Crippen molar-refractivity contribution in [1.29, 1.82) is 0 Å². The van der Waals surface area contributed by atoms with Gasteiger partial charge in [-0.05, 0) is 36.6 Å². The molecule has 2 nitrogen and oxygen atoms in total. The highest BCUT2D eigenvalue weighted by molar-refractivity contribution is 5.91. The van der Waals surface area contributed by atoms with Crippen LogP contribution in [0.5, 0.6) is 0 Å². The first kappa shape index (κ1) is 14.6. The maximum Gasteiger partial charge on any atom is 0.230 e. The molecule has 1 aliphatic rings. The van der Waals surface area contributed by atoms with Gasteiger partial charge in [-0.2, -0.15) is 0 Å². The third-order valence-electron chi connectivity index (χ3n) is 4.05. The van der Waals surface area contributed by atoms with Gasteiger partial charge in [0.2, 0.25) is 5.91 Å². The van der Waals surface area contributed by atoms with E-state index in [9.17, 15) is 18.0 Å². The first-order chi connectivity index (χ1) is 10.5. The molecule has 3 rings (SSSR count). The van der Waals surface area contributed by atoms with Crippen LogP contribution in [-0.2, 0) is 16.8 Å². The highest BCUT2D eigenvalue weighted by atomic mass is 19.2. The summed E-state index contributed by atoms with van der Waals surface area (Å²) in [5.41, 5.74) is 0.0224. The second-order valence-electron chi connectivity index (χ2n) is 5.49. The minimum absolute atomic E-state index is 0.0664. The molecule has 1 N–H and O–H groups in total. The number of carbonyl (C=O) groups excluding carboxylic acids is 1. The van der Waals surface area contributed by atoms with E-state index in [2.05, 4.69) is 5.32 Å². The summed E-state index contributed by atoms with van der Waals surface area (Å²) < 4.78 is 39.9. The molecular formula is C17H14F3NO. The first-order valence-electron chi connectivity index (χ1n) is 7.00. The van der Waals surface area contributed by atoms with E-state index in [0.29, 0.717) is 24.0 Å². The molecule has 5 heteroatoms. The Kier molecular flexibility index (Phi) is 3.64. The fourth-order valence-electron chi connectivity index (χ4n) is 2.55. The second kappa shape index (κ2) is 5.48. The van der Waals surface area contributed by atoms with Crippen molar-refractivity contribution in [2.75, 3.05) is 0 Å². The number of hydrogen-bond acceptors (Lipinski definition) is 1. The summed E-state index contributed by atoms with van der Waals surface area (Å²) in [6.45, 7) is 0.0664. The molecule has 0 spiro atoms. The number of carbonyl (C=O) groups is 1. The van der Waals surface area contributed by atoms with Gasteiger partial charge in [0, 0.05) is 12.1 Å². The molecule has 0 unspecified atom stereocenters. The molecule has 2 aromatic rings. The van der Waals surface area contributed by atoms with Crippen LogP contribution in [-0.4, -0.2) is 5.91 Å². The van der Waals surface area contributed by atoms with E-state index in [1.807, 2.05) is 0 Å². The normalized spacial score (nSPS) is 15.4. The molecule has 0 saturated heterocycles. The number of amides is 1. The van der Waals surface area contributed by atoms with E-state index in [-0.39, 0.29) is 18.3 Å². The van der Waals surface area contributed by atoms with Crippen molar-refractivity contribution in [3.63, 3.8) is 0 Å². The lowest BCUT2D eigenvalue weighted by atomic mass is 9.94. The van der Waals surface area contributed by atoms with E-state index in [4.69, 9.17) is 0 Å². The van der Waals surface area contributed by atoms with Crippen LogP contribution in [0, 0.1) is 17.5 Å². The lowest BCUT2D eigenvalue weighted by Crippen LogP contribution is -2.34. The molecule has 0 heterocycles. The summed E-state index contributed by atoms with van der Waals surface area (Å²) >= 11 is 0. The zero-order valence-corrected chi connectivity index (χ0v) is 11.7. The second-order valence-corrected chi connectivity index (χ2v) is 5.49. The van der Waals surface area contributed by atoms with Gasteiger partial charge in [-0.15, -0.1) is 0 Å². The van der Waals surface area contributed by atoms with E-state index < -0.39 is 17.0 Å². The van der Waals surface area contributed by atoms with Gasteiger partial charge in [-0.25, -0.2) is 13.2 Å². The predicted molar refractivity (Wildman–Crippen MR) is 75.5 cm³/mol. The monoisotopic (exact) mass is 305 g/mol. The summed E-state index contributed by atoms with van der Waals surface area (Å²) in [6, 6.07) is 9.68. The molecule has 2 aromatic carbocycles. The number of hydrogen-bond donors (Lipinski definition) is 1. The van der Waals surface area contributed by atoms with Gasteiger partial charge >= 0.3 is 0 Å². The Morgan fingerprint density at radius 3 is 2.36 bits per heavy atom. The van der Waals surface area contributed by atoms with E-state index in [0.717, 1.165) is 12.1 Å². The topological polar surface area (TPSA) is 29.1 Å². The molecule has 1 saturated carbocycles. The molecule has 0 radical (unpaired) electrons. The average molecular weight is 305 g/mol. The summed E-state index contributed by atoms with van der Waals surface area (Å²) in [5, 5.41) is 2.68. The van der Waals surface area contributed by atoms with E-state index in [1.54, 1.807) is 18.2 Å². The Morgan fingerprint density at radius 1 is 1.00 bits per heavy atom. The van der Waals surface area contributed by atoms with E-state index in [1.165, 1.54) is 12.1 Å². The van der Waals surface area contributed by atoms with Crippen molar-refractivity contribution in [2.24, 2.45) is 0 Å². The zero-order valence-electron chi connectivity index (χ0n) is 11.7. The van der Waals surface area contributed by atoms with Gasteiger partial charge in [-0.3, -0.25) is 4.79 Å². The number of benzene rings is 2. The SMILES string of the molecule is O=C(NCc1ccccc1F)C1(c2ccc(F)c(F)c2)CC1. The lowest BCUT2D eigenvalue weighted by molar-refractivity contribution is -0.123. The highest BCUT2D eigenvalue weighted by Crippen LogP contribution is 2.48. The Morgan fingerprint density at radius 2 is 1.73 bits per heavy atom. The number of nitrogens with one attached hydrogen (secondary N) is 1. The summed E-state index contributed by atoms with van der Waals surface area (Å²) in [6.07, 6.45) is 1.14. The van der Waals surface area contributed by atoms with Crippen LogP contribution in [0.15, 0.2) is 42.5 Å². The van der Waals surface area contributed by atoms with Crippen LogP contribution in [0.3, 0.4) is 0 Å². The van der Waals surface area contributed by atoms with Crippen molar-refractivity contribution >= 4 is 5.91 Å². The summed E-state index contributed by atoms with van der Waals surface area (Å²) in [7, 11) is 0. The fourth-order valence-corrected chi connectivity index (χ4v) is 2.55. The standard InChI is InChI=1S/C17H14F3NO/c18-13-4-2-1-3-11(13)10-21-16(22)17(7-8-17)12-5-6-14(19)15(20)9-12/h1-6,9H,7-8,10H2,(H,21,22). The molecule has 0 bridgehead atoms. The van der Waals surface area contributed by atoms with Crippen molar-refractivity contribution in [2.45, 2.75) is 24.8 Å². The minimum atomic E-state index is -0.967. The first-order valence-corrected chi connectivity index (χ1v) is 7.00. The van der Waals surface area contributed by atoms with Crippen LogP contribution in [0.2, 0.25) is 0 Å². The smallest absolute Gasteiger partial charge is 0.230 e. The molecule has 1 amide bonds. The molecule has 1 aliphatic carbocycles. The molecule has 114 valence electrons. The van der Waals surface area contributed by atoms with Gasteiger partial charge in [0.15, 0.2) is 11.6 Å². The maximum absolute atomic E-state index is 13.5. The van der Waals surface area contributed by atoms with Gasteiger partial charge < -0.3 is 5.32 Å². The van der Waals surface area contributed by atoms with Crippen molar-refractivity contribution in [3.05, 3.63) is 71.0 Å². The van der Waals surface area contributed by atoms with E-state index >= 15 is 0 Å². The van der Waals surface area contributed by atoms with Crippen LogP contribution in [0.4, 0.5) is 13.2 Å². The maximum atomic E-state index is 13.5.